The second-order valence-corrected chi connectivity index (χ2v) is 10.3. The lowest BCUT2D eigenvalue weighted by molar-refractivity contribution is -0.116. The largest absolute Gasteiger partial charge is 0.335 e. The molecule has 0 spiro atoms. The normalized spacial score (nSPS) is 12.4. The minimum Gasteiger partial charge on any atom is -0.335 e. The van der Waals surface area contributed by atoms with Crippen LogP contribution in [0.15, 0.2) is 81.1 Å². The lowest BCUT2D eigenvalue weighted by atomic mass is 10.1. The number of para-hydroxylation sites is 2. The zero-order chi connectivity index (χ0) is 27.7. The fraction of sp³-hybridized carbons (Fsp3) is 0.200. The Morgan fingerprint density at radius 1 is 1.13 bits per heavy atom. The maximum atomic E-state index is 14.1. The lowest BCUT2D eigenvalue weighted by Gasteiger charge is -2.14. The third-order valence-corrected chi connectivity index (χ3v) is 7.41. The molecule has 198 valence electrons. The van der Waals surface area contributed by atoms with Crippen LogP contribution < -0.4 is 10.9 Å². The second kappa shape index (κ2) is 10.9. The molecule has 0 aliphatic heterocycles. The number of hydrogen-bond donors (Lipinski definition) is 1. The molecule has 0 fully saturated rings. The van der Waals surface area contributed by atoms with E-state index in [1.807, 2.05) is 61.7 Å². The molecule has 0 aliphatic rings. The highest BCUT2D eigenvalue weighted by Crippen LogP contribution is 2.26. The highest BCUT2D eigenvalue weighted by molar-refractivity contribution is 9.10. The molecular weight excluding hydrogens is 561 g/mol. The van der Waals surface area contributed by atoms with Crippen molar-refractivity contribution in [3.8, 4) is 0 Å². The summed E-state index contributed by atoms with van der Waals surface area (Å²) in [4.78, 5) is 31.2. The molecule has 0 aliphatic carbocycles. The van der Waals surface area contributed by atoms with Crippen LogP contribution in [-0.4, -0.2) is 26.3 Å². The van der Waals surface area contributed by atoms with Gasteiger partial charge in [0, 0.05) is 32.6 Å². The molecular formula is C30H27BrFN5O2. The number of carbonyl (C=O) groups excluding carboxylic acids is 1. The van der Waals surface area contributed by atoms with E-state index in [9.17, 15) is 14.0 Å². The maximum absolute atomic E-state index is 14.1. The number of anilines is 1. The van der Waals surface area contributed by atoms with Gasteiger partial charge in [0.15, 0.2) is 0 Å². The van der Waals surface area contributed by atoms with Crippen molar-refractivity contribution in [1.82, 2.24) is 14.2 Å². The molecule has 0 unspecified atom stereocenters. The van der Waals surface area contributed by atoms with E-state index in [1.54, 1.807) is 24.4 Å². The van der Waals surface area contributed by atoms with E-state index in [0.717, 1.165) is 33.1 Å². The van der Waals surface area contributed by atoms with Gasteiger partial charge in [-0.15, -0.1) is 0 Å². The first kappa shape index (κ1) is 26.5. The van der Waals surface area contributed by atoms with Gasteiger partial charge in [-0.3, -0.25) is 9.59 Å². The molecule has 0 saturated carbocycles. The van der Waals surface area contributed by atoms with Crippen molar-refractivity contribution in [2.75, 3.05) is 5.32 Å². The van der Waals surface area contributed by atoms with Gasteiger partial charge in [-0.1, -0.05) is 60.1 Å². The molecule has 1 atom stereocenters. The van der Waals surface area contributed by atoms with E-state index in [1.165, 1.54) is 16.8 Å². The molecule has 0 saturated heterocycles. The van der Waals surface area contributed by atoms with Crippen LogP contribution in [0.5, 0.6) is 0 Å². The monoisotopic (exact) mass is 587 g/mol. The number of nitrogens with one attached hydrogen (secondary N) is 1. The topological polar surface area (TPSA) is 81.3 Å². The molecule has 5 rings (SSSR count). The molecule has 3 aromatic carbocycles. The van der Waals surface area contributed by atoms with Gasteiger partial charge in [-0.2, -0.15) is 9.78 Å². The van der Waals surface area contributed by atoms with Crippen LogP contribution in [0.25, 0.3) is 21.8 Å². The van der Waals surface area contributed by atoms with Crippen molar-refractivity contribution in [2.45, 2.75) is 39.7 Å². The maximum Gasteiger partial charge on any atom is 0.282 e. The first-order valence-electron chi connectivity index (χ1n) is 12.7. The van der Waals surface area contributed by atoms with Gasteiger partial charge < -0.3 is 9.88 Å². The summed E-state index contributed by atoms with van der Waals surface area (Å²) in [6.45, 7) is 5.94. The average molecular weight is 588 g/mol. The van der Waals surface area contributed by atoms with Gasteiger partial charge in [0.2, 0.25) is 5.91 Å². The summed E-state index contributed by atoms with van der Waals surface area (Å²) in [6, 6.07) is 19.2. The average Bonchev–Trinajstić information content (AvgIpc) is 3.19. The van der Waals surface area contributed by atoms with E-state index < -0.39 is 5.82 Å². The fourth-order valence-electron chi connectivity index (χ4n) is 4.61. The Hall–Kier alpha value is -4.11. The highest BCUT2D eigenvalue weighted by Gasteiger charge is 2.18. The quantitative estimate of drug-likeness (QED) is 0.218. The highest BCUT2D eigenvalue weighted by atomic mass is 79.9. The number of halogens is 2. The van der Waals surface area contributed by atoms with Crippen LogP contribution in [0.4, 0.5) is 10.1 Å². The first-order chi connectivity index (χ1) is 18.8. The number of fused-ring (bicyclic) bond motifs is 2. The summed E-state index contributed by atoms with van der Waals surface area (Å²) >= 11 is 3.44. The Bertz CT molecular complexity index is 1810. The van der Waals surface area contributed by atoms with Crippen LogP contribution in [0.3, 0.4) is 0 Å². The molecule has 1 N–H and O–H groups in total. The van der Waals surface area contributed by atoms with Crippen LogP contribution in [0.1, 0.15) is 43.3 Å². The third-order valence-electron chi connectivity index (χ3n) is 6.92. The van der Waals surface area contributed by atoms with Gasteiger partial charge >= 0.3 is 0 Å². The minimum absolute atomic E-state index is 0.00686. The summed E-state index contributed by atoms with van der Waals surface area (Å²) in [5.41, 5.74) is 2.90. The number of amides is 1. The molecule has 5 aromatic rings. The Labute approximate surface area is 233 Å². The molecule has 2 aromatic heterocycles. The van der Waals surface area contributed by atoms with Gasteiger partial charge in [-0.05, 0) is 49.7 Å². The zero-order valence-electron chi connectivity index (χ0n) is 21.8. The fourth-order valence-corrected chi connectivity index (χ4v) is 4.98. The Morgan fingerprint density at radius 3 is 2.64 bits per heavy atom. The summed E-state index contributed by atoms with van der Waals surface area (Å²) < 4.78 is 18.1. The van der Waals surface area contributed by atoms with Crippen molar-refractivity contribution >= 4 is 55.5 Å². The van der Waals surface area contributed by atoms with Crippen LogP contribution in [0, 0.1) is 12.7 Å². The van der Waals surface area contributed by atoms with Crippen LogP contribution in [0.2, 0.25) is 0 Å². The van der Waals surface area contributed by atoms with E-state index in [-0.39, 0.29) is 29.6 Å². The predicted molar refractivity (Wildman–Crippen MR) is 157 cm³/mol. The SMILES string of the molecule is CC[C@@H](C)c1nc2ccc(Br)cc2c(=O)n1N=Cc1c(C)n(CC(=O)Nc2ccccc2F)c2ccccc12. The number of rotatable bonds is 7. The van der Waals surface area contributed by atoms with Crippen molar-refractivity contribution in [3.05, 3.63) is 104 Å². The zero-order valence-corrected chi connectivity index (χ0v) is 23.4. The van der Waals surface area contributed by atoms with Crippen molar-refractivity contribution in [1.29, 1.82) is 0 Å². The first-order valence-corrected chi connectivity index (χ1v) is 13.5. The van der Waals surface area contributed by atoms with Crippen molar-refractivity contribution < 1.29 is 9.18 Å². The number of aromatic nitrogens is 3. The van der Waals surface area contributed by atoms with Gasteiger partial charge in [0.1, 0.15) is 18.2 Å². The van der Waals surface area contributed by atoms with Crippen molar-refractivity contribution in [2.24, 2.45) is 5.10 Å². The lowest BCUT2D eigenvalue weighted by Crippen LogP contribution is -2.23. The standard InChI is InChI=1S/C30H27BrFN5O2/c1-4-18(2)29-35-25-14-13-20(31)15-22(25)30(39)37(29)33-16-23-19(3)36(27-12-8-5-9-21(23)27)17-28(38)34-26-11-7-6-10-24(26)32/h5-16,18H,4,17H2,1-3H3,(H,34,38)/t18-/m1/s1. The van der Waals surface area contributed by atoms with E-state index in [2.05, 4.69) is 26.3 Å². The number of hydrogen-bond acceptors (Lipinski definition) is 4. The Morgan fingerprint density at radius 2 is 1.87 bits per heavy atom. The molecule has 2 heterocycles. The van der Waals surface area contributed by atoms with Crippen LogP contribution in [-0.2, 0) is 11.3 Å². The second-order valence-electron chi connectivity index (χ2n) is 9.43. The summed E-state index contributed by atoms with van der Waals surface area (Å²) in [6.07, 6.45) is 2.45. The van der Waals surface area contributed by atoms with E-state index in [4.69, 9.17) is 4.98 Å². The molecule has 1 amide bonds. The molecule has 39 heavy (non-hydrogen) atoms. The Balaban J connectivity index is 1.58. The number of nitrogens with zero attached hydrogens (tertiary/aromatic N) is 4. The Kier molecular flexibility index (Phi) is 7.43. The van der Waals surface area contributed by atoms with Crippen molar-refractivity contribution in [3.63, 3.8) is 0 Å². The predicted octanol–water partition coefficient (Wildman–Crippen LogP) is 6.60. The number of benzene rings is 3. The molecule has 9 heteroatoms. The van der Waals surface area contributed by atoms with Gasteiger partial charge in [0.25, 0.3) is 5.56 Å². The van der Waals surface area contributed by atoms with Gasteiger partial charge in [-0.25, -0.2) is 9.37 Å². The summed E-state index contributed by atoms with van der Waals surface area (Å²) in [7, 11) is 0. The minimum atomic E-state index is -0.494. The molecule has 7 nitrogen and oxygen atoms in total. The molecule has 0 bridgehead atoms. The summed E-state index contributed by atoms with van der Waals surface area (Å²) in [5.74, 6) is -0.259. The van der Waals surface area contributed by atoms with E-state index in [0.29, 0.717) is 16.7 Å². The smallest absolute Gasteiger partial charge is 0.282 e. The number of carbonyl (C=O) groups is 1. The summed E-state index contributed by atoms with van der Waals surface area (Å²) in [5, 5.41) is 8.64. The third kappa shape index (κ3) is 5.14. The van der Waals surface area contributed by atoms with Crippen LogP contribution >= 0.6 is 15.9 Å². The van der Waals surface area contributed by atoms with Gasteiger partial charge in [0.05, 0.1) is 22.8 Å². The van der Waals surface area contributed by atoms with E-state index >= 15 is 0 Å². The molecule has 0 radical (unpaired) electrons.